The van der Waals surface area contributed by atoms with Gasteiger partial charge in [-0.25, -0.2) is 0 Å². The molecule has 0 saturated carbocycles. The molecule has 0 N–H and O–H groups in total. The maximum Gasteiger partial charge on any atom is 0.264 e. The molecule has 1 aromatic carbocycles. The Morgan fingerprint density at radius 2 is 1.77 bits per heavy atom. The quantitative estimate of drug-likeness (QED) is 0.696. The number of carbonyl (C=O) groups excluding carboxylic acids is 2. The predicted molar refractivity (Wildman–Crippen MR) is 107 cm³/mol. The van der Waals surface area contributed by atoms with Crippen LogP contribution in [0.4, 0.5) is 0 Å². The van der Waals surface area contributed by atoms with Crippen molar-refractivity contribution in [3.8, 4) is 0 Å². The summed E-state index contributed by atoms with van der Waals surface area (Å²) in [6.45, 7) is 7.70. The van der Waals surface area contributed by atoms with Crippen LogP contribution < -0.4 is 0 Å². The molecule has 0 unspecified atom stereocenters. The molecule has 26 heavy (non-hydrogen) atoms. The zero-order valence-electron chi connectivity index (χ0n) is 15.8. The van der Waals surface area contributed by atoms with E-state index in [1.165, 1.54) is 16.9 Å². The largest absolute Gasteiger partial charge is 0.338 e. The maximum absolute atomic E-state index is 12.8. The van der Waals surface area contributed by atoms with Gasteiger partial charge in [-0.15, -0.1) is 11.3 Å². The summed E-state index contributed by atoms with van der Waals surface area (Å²) in [4.78, 5) is 28.1. The molecule has 1 amide bonds. The Kier molecular flexibility index (Phi) is 5.92. The van der Waals surface area contributed by atoms with Gasteiger partial charge in [0.05, 0.1) is 4.88 Å². The van der Waals surface area contributed by atoms with Crippen molar-refractivity contribution in [1.29, 1.82) is 0 Å². The van der Waals surface area contributed by atoms with Crippen LogP contribution >= 0.6 is 11.3 Å². The van der Waals surface area contributed by atoms with Gasteiger partial charge in [0, 0.05) is 24.6 Å². The lowest BCUT2D eigenvalue weighted by atomic mass is 9.88. The average molecular weight is 370 g/mol. The molecule has 1 aliphatic heterocycles. The Morgan fingerprint density at radius 1 is 1.12 bits per heavy atom. The standard InChI is InChI=1S/C22H27NO2S/c1-15(2)14-17-4-6-18(7-5-17)20(24)19-8-11-23(12-9-19)22(25)21-16(3)10-13-26-21/h4-7,10,13,15,19H,8-9,11-12,14H2,1-3H3. The number of thiophene rings is 1. The van der Waals surface area contributed by atoms with E-state index in [0.29, 0.717) is 19.0 Å². The number of aryl methyl sites for hydroxylation is 1. The van der Waals surface area contributed by atoms with Crippen LogP contribution in [0.15, 0.2) is 35.7 Å². The summed E-state index contributed by atoms with van der Waals surface area (Å²) in [7, 11) is 0. The summed E-state index contributed by atoms with van der Waals surface area (Å²) >= 11 is 1.50. The van der Waals surface area contributed by atoms with Gasteiger partial charge < -0.3 is 4.90 Å². The third-order valence-electron chi connectivity index (χ3n) is 5.09. The van der Waals surface area contributed by atoms with Crippen LogP contribution in [0.1, 0.15) is 57.8 Å². The van der Waals surface area contributed by atoms with Gasteiger partial charge in [-0.1, -0.05) is 38.1 Å². The van der Waals surface area contributed by atoms with Gasteiger partial charge >= 0.3 is 0 Å². The molecule has 0 bridgehead atoms. The molecule has 0 aliphatic carbocycles. The second kappa shape index (κ2) is 8.17. The molecule has 3 rings (SSSR count). The van der Waals surface area contributed by atoms with E-state index < -0.39 is 0 Å². The van der Waals surface area contributed by atoms with E-state index in [2.05, 4.69) is 26.0 Å². The summed E-state index contributed by atoms with van der Waals surface area (Å²) in [6, 6.07) is 10.1. The fraction of sp³-hybridized carbons (Fsp3) is 0.455. The summed E-state index contributed by atoms with van der Waals surface area (Å²) in [5.41, 5.74) is 3.12. The summed E-state index contributed by atoms with van der Waals surface area (Å²) in [5, 5.41) is 1.96. The average Bonchev–Trinajstić information content (AvgIpc) is 3.07. The molecule has 138 valence electrons. The topological polar surface area (TPSA) is 37.4 Å². The fourth-order valence-electron chi connectivity index (χ4n) is 3.59. The molecule has 2 heterocycles. The Balaban J connectivity index is 1.58. The third-order valence-corrected chi connectivity index (χ3v) is 6.10. The van der Waals surface area contributed by atoms with Gasteiger partial charge in [0.2, 0.25) is 0 Å². The van der Waals surface area contributed by atoms with Gasteiger partial charge in [0.1, 0.15) is 0 Å². The molecule has 3 nitrogen and oxygen atoms in total. The van der Waals surface area contributed by atoms with E-state index in [0.717, 1.165) is 35.3 Å². The van der Waals surface area contributed by atoms with E-state index in [1.54, 1.807) is 0 Å². The van der Waals surface area contributed by atoms with Gasteiger partial charge in [0.15, 0.2) is 5.78 Å². The summed E-state index contributed by atoms with van der Waals surface area (Å²) in [5.74, 6) is 0.978. The van der Waals surface area contributed by atoms with Gasteiger partial charge in [0.25, 0.3) is 5.91 Å². The number of amides is 1. The highest BCUT2D eigenvalue weighted by Gasteiger charge is 2.29. The second-order valence-corrected chi connectivity index (χ2v) is 8.57. The molecule has 2 aromatic rings. The Bertz CT molecular complexity index is 768. The molecule has 1 aromatic heterocycles. The predicted octanol–water partition coefficient (Wildman–Crippen LogP) is 4.99. The minimum atomic E-state index is 0.0273. The van der Waals surface area contributed by atoms with Crippen LogP contribution in [0.25, 0.3) is 0 Å². The molecule has 1 saturated heterocycles. The van der Waals surface area contributed by atoms with Crippen LogP contribution in [0.2, 0.25) is 0 Å². The molecule has 1 fully saturated rings. The Hall–Kier alpha value is -1.94. The number of hydrogen-bond acceptors (Lipinski definition) is 3. The number of likely N-dealkylation sites (tertiary alicyclic amines) is 1. The number of Topliss-reactive ketones (excluding diaryl/α,β-unsaturated/α-hetero) is 1. The summed E-state index contributed by atoms with van der Waals surface area (Å²) in [6.07, 6.45) is 2.54. The molecule has 0 spiro atoms. The van der Waals surface area contributed by atoms with Crippen molar-refractivity contribution in [3.63, 3.8) is 0 Å². The van der Waals surface area contributed by atoms with Crippen LogP contribution in [-0.2, 0) is 6.42 Å². The number of hydrogen-bond donors (Lipinski definition) is 0. The minimum Gasteiger partial charge on any atom is -0.338 e. The normalized spacial score (nSPS) is 15.5. The monoisotopic (exact) mass is 369 g/mol. The molecule has 0 radical (unpaired) electrons. The first kappa shape index (κ1) is 18.8. The minimum absolute atomic E-state index is 0.0273. The Morgan fingerprint density at radius 3 is 2.31 bits per heavy atom. The molecular weight excluding hydrogens is 342 g/mol. The van der Waals surface area contributed by atoms with Crippen molar-refractivity contribution in [1.82, 2.24) is 4.90 Å². The van der Waals surface area contributed by atoms with Crippen LogP contribution in [0.5, 0.6) is 0 Å². The lowest BCUT2D eigenvalue weighted by Gasteiger charge is -2.31. The molecule has 4 heteroatoms. The SMILES string of the molecule is Cc1ccsc1C(=O)N1CCC(C(=O)c2ccc(CC(C)C)cc2)CC1. The van der Waals surface area contributed by atoms with Crippen LogP contribution in [0.3, 0.4) is 0 Å². The van der Waals surface area contributed by atoms with E-state index in [-0.39, 0.29) is 17.6 Å². The first-order valence-corrected chi connectivity index (χ1v) is 10.3. The van der Waals surface area contributed by atoms with Crippen molar-refractivity contribution >= 4 is 23.0 Å². The van der Waals surface area contributed by atoms with Crippen molar-refractivity contribution < 1.29 is 9.59 Å². The van der Waals surface area contributed by atoms with E-state index in [4.69, 9.17) is 0 Å². The zero-order valence-corrected chi connectivity index (χ0v) is 16.6. The van der Waals surface area contributed by atoms with Crippen molar-refractivity contribution in [3.05, 3.63) is 57.3 Å². The van der Waals surface area contributed by atoms with Crippen LogP contribution in [0, 0.1) is 18.8 Å². The van der Waals surface area contributed by atoms with Crippen molar-refractivity contribution in [2.24, 2.45) is 11.8 Å². The fourth-order valence-corrected chi connectivity index (χ4v) is 4.48. The number of piperidine rings is 1. The van der Waals surface area contributed by atoms with Gasteiger partial charge in [-0.3, -0.25) is 9.59 Å². The maximum atomic E-state index is 12.8. The molecule has 0 atom stereocenters. The number of benzene rings is 1. The Labute approximate surface area is 160 Å². The lowest BCUT2D eigenvalue weighted by molar-refractivity contribution is 0.0653. The first-order chi connectivity index (χ1) is 12.5. The highest BCUT2D eigenvalue weighted by Crippen LogP contribution is 2.25. The van der Waals surface area contributed by atoms with E-state index in [1.807, 2.05) is 35.4 Å². The molecule has 1 aliphatic rings. The van der Waals surface area contributed by atoms with E-state index in [9.17, 15) is 9.59 Å². The highest BCUT2D eigenvalue weighted by atomic mass is 32.1. The first-order valence-electron chi connectivity index (χ1n) is 9.42. The van der Waals surface area contributed by atoms with Crippen molar-refractivity contribution in [2.45, 2.75) is 40.0 Å². The number of carbonyl (C=O) groups is 2. The summed E-state index contributed by atoms with van der Waals surface area (Å²) < 4.78 is 0. The number of nitrogens with zero attached hydrogens (tertiary/aromatic N) is 1. The number of rotatable bonds is 5. The highest BCUT2D eigenvalue weighted by molar-refractivity contribution is 7.12. The second-order valence-electron chi connectivity index (χ2n) is 7.66. The van der Waals surface area contributed by atoms with E-state index >= 15 is 0 Å². The molecular formula is C22H27NO2S. The lowest BCUT2D eigenvalue weighted by Crippen LogP contribution is -2.40. The third kappa shape index (κ3) is 4.24. The smallest absolute Gasteiger partial charge is 0.264 e. The van der Waals surface area contributed by atoms with Gasteiger partial charge in [-0.2, -0.15) is 0 Å². The van der Waals surface area contributed by atoms with Crippen LogP contribution in [-0.4, -0.2) is 29.7 Å². The van der Waals surface area contributed by atoms with Crippen molar-refractivity contribution in [2.75, 3.05) is 13.1 Å². The zero-order chi connectivity index (χ0) is 18.7. The van der Waals surface area contributed by atoms with Gasteiger partial charge in [-0.05, 0) is 54.7 Å². The number of ketones is 1.